The van der Waals surface area contributed by atoms with E-state index in [9.17, 15) is 14.7 Å². The van der Waals surface area contributed by atoms with Crippen LogP contribution in [0.1, 0.15) is 50.5 Å². The third-order valence-electron chi connectivity index (χ3n) is 4.40. The Morgan fingerprint density at radius 3 is 2.52 bits per heavy atom. The number of nitrogens with zero attached hydrogens (tertiary/aromatic N) is 2. The Morgan fingerprint density at radius 1 is 1.33 bits per heavy atom. The molecule has 0 atom stereocenters. The Kier molecular flexibility index (Phi) is 4.98. The van der Waals surface area contributed by atoms with Gasteiger partial charge in [-0.05, 0) is 12.8 Å². The van der Waals surface area contributed by atoms with Crippen molar-refractivity contribution in [3.8, 4) is 0 Å². The van der Waals surface area contributed by atoms with E-state index in [0.717, 1.165) is 31.2 Å². The minimum atomic E-state index is -0.877. The van der Waals surface area contributed by atoms with Gasteiger partial charge in [0, 0.05) is 31.8 Å². The molecule has 0 spiro atoms. The molecule has 0 unspecified atom stereocenters. The van der Waals surface area contributed by atoms with Gasteiger partial charge in [0.25, 0.3) is 0 Å². The Hall–Kier alpha value is -1.85. The summed E-state index contributed by atoms with van der Waals surface area (Å²) in [5.74, 6) is -0.935. The maximum absolute atomic E-state index is 12.4. The van der Waals surface area contributed by atoms with Gasteiger partial charge in [-0.25, -0.2) is 0 Å². The first-order valence-electron chi connectivity index (χ1n) is 7.48. The lowest BCUT2D eigenvalue weighted by atomic mass is 9.77. The fourth-order valence-corrected chi connectivity index (χ4v) is 3.02. The molecule has 1 aliphatic rings. The van der Waals surface area contributed by atoms with Crippen molar-refractivity contribution in [2.24, 2.45) is 5.41 Å². The number of carbonyl (C=O) groups excluding carboxylic acids is 1. The number of carbonyl (C=O) groups is 2. The number of carboxylic acids is 1. The quantitative estimate of drug-likeness (QED) is 0.815. The smallest absolute Gasteiger partial charge is 0.310 e. The summed E-state index contributed by atoms with van der Waals surface area (Å²) in [6, 6.07) is 0. The second kappa shape index (κ2) is 6.74. The van der Waals surface area contributed by atoms with Gasteiger partial charge in [-0.15, -0.1) is 0 Å². The highest BCUT2D eigenvalue weighted by molar-refractivity contribution is 5.85. The standard InChI is InChI=1S/C15H23N3O3/c1-18(11-12-9-16-17-10-12)13(19)8-15(14(20)21)6-4-2-3-5-7-15/h9-10H,2-8,11H2,1H3,(H,16,17)(H,20,21). The number of carboxylic acid groups (broad SMARTS) is 1. The van der Waals surface area contributed by atoms with E-state index in [1.54, 1.807) is 24.3 Å². The SMILES string of the molecule is CN(Cc1cn[nH]c1)C(=O)CC1(C(=O)O)CCCCCC1. The number of hydrogen-bond donors (Lipinski definition) is 2. The van der Waals surface area contributed by atoms with Crippen molar-refractivity contribution in [1.82, 2.24) is 15.1 Å². The summed E-state index contributed by atoms with van der Waals surface area (Å²) in [5, 5.41) is 16.2. The summed E-state index contributed by atoms with van der Waals surface area (Å²) in [7, 11) is 1.71. The topological polar surface area (TPSA) is 86.3 Å². The highest BCUT2D eigenvalue weighted by Crippen LogP contribution is 2.38. The van der Waals surface area contributed by atoms with Crippen molar-refractivity contribution in [1.29, 1.82) is 0 Å². The van der Waals surface area contributed by atoms with E-state index in [1.165, 1.54) is 0 Å². The van der Waals surface area contributed by atoms with Gasteiger partial charge in [0.2, 0.25) is 5.91 Å². The van der Waals surface area contributed by atoms with Gasteiger partial charge in [0.1, 0.15) is 0 Å². The van der Waals surface area contributed by atoms with Crippen molar-refractivity contribution >= 4 is 11.9 Å². The first-order chi connectivity index (χ1) is 10.0. The van der Waals surface area contributed by atoms with E-state index >= 15 is 0 Å². The molecule has 1 aromatic rings. The number of rotatable bonds is 5. The van der Waals surface area contributed by atoms with Gasteiger partial charge in [-0.1, -0.05) is 25.7 Å². The van der Waals surface area contributed by atoms with Gasteiger partial charge < -0.3 is 10.0 Å². The normalized spacial score (nSPS) is 18.0. The molecule has 1 fully saturated rings. The summed E-state index contributed by atoms with van der Waals surface area (Å²) >= 11 is 0. The van der Waals surface area contributed by atoms with Crippen LogP contribution in [-0.2, 0) is 16.1 Å². The maximum atomic E-state index is 12.4. The molecule has 0 saturated heterocycles. The maximum Gasteiger partial charge on any atom is 0.310 e. The second-order valence-corrected chi connectivity index (χ2v) is 6.03. The molecule has 1 amide bonds. The summed E-state index contributed by atoms with van der Waals surface area (Å²) in [6.45, 7) is 0.449. The molecule has 0 radical (unpaired) electrons. The fraction of sp³-hybridized carbons (Fsp3) is 0.667. The van der Waals surface area contributed by atoms with Crippen LogP contribution < -0.4 is 0 Å². The number of aliphatic carboxylic acids is 1. The fourth-order valence-electron chi connectivity index (χ4n) is 3.02. The molecule has 1 saturated carbocycles. The molecule has 1 heterocycles. The van der Waals surface area contributed by atoms with Gasteiger partial charge >= 0.3 is 5.97 Å². The van der Waals surface area contributed by atoms with Crippen LogP contribution in [0.4, 0.5) is 0 Å². The van der Waals surface area contributed by atoms with E-state index in [4.69, 9.17) is 0 Å². The van der Waals surface area contributed by atoms with Crippen molar-refractivity contribution in [2.45, 2.75) is 51.5 Å². The largest absolute Gasteiger partial charge is 0.481 e. The van der Waals surface area contributed by atoms with E-state index in [0.29, 0.717) is 19.4 Å². The number of amides is 1. The van der Waals surface area contributed by atoms with Crippen LogP contribution in [0, 0.1) is 5.41 Å². The van der Waals surface area contributed by atoms with E-state index in [-0.39, 0.29) is 12.3 Å². The van der Waals surface area contributed by atoms with E-state index in [2.05, 4.69) is 10.2 Å². The number of nitrogens with one attached hydrogen (secondary N) is 1. The average molecular weight is 293 g/mol. The Balaban J connectivity index is 2.02. The summed E-state index contributed by atoms with van der Waals surface area (Å²) in [4.78, 5) is 25.7. The highest BCUT2D eigenvalue weighted by atomic mass is 16.4. The molecular weight excluding hydrogens is 270 g/mol. The molecule has 2 rings (SSSR count). The van der Waals surface area contributed by atoms with Crippen LogP contribution >= 0.6 is 0 Å². The van der Waals surface area contributed by atoms with Crippen molar-refractivity contribution < 1.29 is 14.7 Å². The third-order valence-corrected chi connectivity index (χ3v) is 4.40. The van der Waals surface area contributed by atoms with Crippen molar-refractivity contribution in [3.63, 3.8) is 0 Å². The lowest BCUT2D eigenvalue weighted by molar-refractivity contribution is -0.154. The van der Waals surface area contributed by atoms with Crippen LogP contribution in [0.3, 0.4) is 0 Å². The zero-order chi connectivity index (χ0) is 15.3. The lowest BCUT2D eigenvalue weighted by Crippen LogP contribution is -2.38. The Morgan fingerprint density at radius 2 is 2.00 bits per heavy atom. The summed E-state index contributed by atoms with van der Waals surface area (Å²) < 4.78 is 0. The zero-order valence-corrected chi connectivity index (χ0v) is 12.5. The number of H-pyrrole nitrogens is 1. The number of hydrogen-bond acceptors (Lipinski definition) is 3. The highest BCUT2D eigenvalue weighted by Gasteiger charge is 2.41. The minimum absolute atomic E-state index is 0.0939. The molecule has 2 N–H and O–H groups in total. The molecule has 21 heavy (non-hydrogen) atoms. The third kappa shape index (κ3) is 3.83. The van der Waals surface area contributed by atoms with Gasteiger partial charge in [-0.3, -0.25) is 14.7 Å². The van der Waals surface area contributed by atoms with Crippen LogP contribution in [-0.4, -0.2) is 39.1 Å². The van der Waals surface area contributed by atoms with Gasteiger partial charge in [0.15, 0.2) is 0 Å². The van der Waals surface area contributed by atoms with Crippen molar-refractivity contribution in [2.75, 3.05) is 7.05 Å². The van der Waals surface area contributed by atoms with Gasteiger partial charge in [-0.2, -0.15) is 5.10 Å². The summed E-state index contributed by atoms with van der Waals surface area (Å²) in [6.07, 6.45) is 8.63. The molecule has 1 aliphatic carbocycles. The Labute approximate surface area is 124 Å². The lowest BCUT2D eigenvalue weighted by Gasteiger charge is -2.29. The van der Waals surface area contributed by atoms with E-state index < -0.39 is 11.4 Å². The van der Waals surface area contributed by atoms with Crippen LogP contribution in [0.25, 0.3) is 0 Å². The first kappa shape index (κ1) is 15.5. The van der Waals surface area contributed by atoms with E-state index in [1.807, 2.05) is 0 Å². The minimum Gasteiger partial charge on any atom is -0.481 e. The molecule has 6 nitrogen and oxygen atoms in total. The van der Waals surface area contributed by atoms with Gasteiger partial charge in [0.05, 0.1) is 11.6 Å². The molecule has 0 bridgehead atoms. The molecule has 0 aliphatic heterocycles. The molecule has 116 valence electrons. The average Bonchev–Trinajstić information content (AvgIpc) is 2.83. The predicted octanol–water partition coefficient (Wildman–Crippen LogP) is 2.18. The second-order valence-electron chi connectivity index (χ2n) is 6.03. The zero-order valence-electron chi connectivity index (χ0n) is 12.5. The molecule has 0 aromatic carbocycles. The predicted molar refractivity (Wildman–Crippen MR) is 77.4 cm³/mol. The summed E-state index contributed by atoms with van der Waals surface area (Å²) in [5.41, 5.74) is 0.0363. The Bertz CT molecular complexity index is 476. The van der Waals surface area contributed by atoms with Crippen LogP contribution in [0.5, 0.6) is 0 Å². The number of aromatic amines is 1. The number of aromatic nitrogens is 2. The van der Waals surface area contributed by atoms with Crippen LogP contribution in [0.2, 0.25) is 0 Å². The van der Waals surface area contributed by atoms with Crippen LogP contribution in [0.15, 0.2) is 12.4 Å². The first-order valence-corrected chi connectivity index (χ1v) is 7.48. The molecule has 6 heteroatoms. The molecule has 1 aromatic heterocycles. The molecular formula is C15H23N3O3. The monoisotopic (exact) mass is 293 g/mol. The van der Waals surface area contributed by atoms with Crippen molar-refractivity contribution in [3.05, 3.63) is 18.0 Å².